The monoisotopic (exact) mass is 309 g/mol. The number of ether oxygens (including phenoxy) is 2. The number of aromatic nitrogens is 1. The van der Waals surface area contributed by atoms with Crippen LogP contribution in [-0.2, 0) is 0 Å². The number of methoxy groups -OCH3 is 2. The third kappa shape index (κ3) is 2.81. The summed E-state index contributed by atoms with van der Waals surface area (Å²) >= 11 is 0. The number of carboxylic acids is 1. The van der Waals surface area contributed by atoms with E-state index in [1.165, 1.54) is 0 Å². The molecule has 1 heterocycles. The number of carboxylic acid groups (broad SMARTS) is 1. The molecule has 23 heavy (non-hydrogen) atoms. The highest BCUT2D eigenvalue weighted by Gasteiger charge is 2.13. The molecule has 0 saturated carbocycles. The number of aromatic carboxylic acids is 1. The first-order valence-corrected chi connectivity index (χ1v) is 6.99. The summed E-state index contributed by atoms with van der Waals surface area (Å²) < 4.78 is 10.3. The Morgan fingerprint density at radius 1 is 0.957 bits per heavy atom. The summed E-state index contributed by atoms with van der Waals surface area (Å²) in [5.41, 5.74) is 2.20. The molecule has 116 valence electrons. The molecule has 0 spiro atoms. The van der Waals surface area contributed by atoms with Crippen LogP contribution in [0.25, 0.3) is 22.2 Å². The van der Waals surface area contributed by atoms with Gasteiger partial charge in [-0.05, 0) is 42.5 Å². The van der Waals surface area contributed by atoms with Crippen LogP contribution in [0.15, 0.2) is 48.5 Å². The number of fused-ring (bicyclic) bond motifs is 1. The van der Waals surface area contributed by atoms with Crippen LogP contribution in [0.3, 0.4) is 0 Å². The molecule has 3 rings (SSSR count). The van der Waals surface area contributed by atoms with Gasteiger partial charge in [0, 0.05) is 17.0 Å². The van der Waals surface area contributed by atoms with Gasteiger partial charge in [0.2, 0.25) is 0 Å². The zero-order valence-electron chi connectivity index (χ0n) is 12.7. The van der Waals surface area contributed by atoms with E-state index in [4.69, 9.17) is 9.47 Å². The smallest absolute Gasteiger partial charge is 0.336 e. The van der Waals surface area contributed by atoms with Crippen LogP contribution in [0.4, 0.5) is 0 Å². The largest absolute Gasteiger partial charge is 0.497 e. The van der Waals surface area contributed by atoms with Crippen molar-refractivity contribution < 1.29 is 19.4 Å². The SMILES string of the molecule is COc1ccc(-c2cc(C(=O)O)c3ccc(OC)cc3n2)cc1. The van der Waals surface area contributed by atoms with Crippen molar-refractivity contribution in [3.63, 3.8) is 0 Å². The average Bonchev–Trinajstić information content (AvgIpc) is 2.60. The van der Waals surface area contributed by atoms with E-state index >= 15 is 0 Å². The predicted molar refractivity (Wildman–Crippen MR) is 87.2 cm³/mol. The first-order chi connectivity index (χ1) is 11.1. The fourth-order valence-electron chi connectivity index (χ4n) is 2.42. The van der Waals surface area contributed by atoms with Gasteiger partial charge in [-0.25, -0.2) is 9.78 Å². The summed E-state index contributed by atoms with van der Waals surface area (Å²) in [7, 11) is 3.16. The lowest BCUT2D eigenvalue weighted by molar-refractivity contribution is 0.0699. The second kappa shape index (κ2) is 5.96. The highest BCUT2D eigenvalue weighted by Crippen LogP contribution is 2.28. The minimum atomic E-state index is -0.989. The van der Waals surface area contributed by atoms with Crippen LogP contribution >= 0.6 is 0 Å². The molecule has 0 bridgehead atoms. The number of rotatable bonds is 4. The van der Waals surface area contributed by atoms with Crippen molar-refractivity contribution in [3.05, 3.63) is 54.1 Å². The van der Waals surface area contributed by atoms with E-state index in [0.29, 0.717) is 22.3 Å². The molecule has 3 aromatic rings. The van der Waals surface area contributed by atoms with Crippen molar-refractivity contribution >= 4 is 16.9 Å². The van der Waals surface area contributed by atoms with E-state index in [1.54, 1.807) is 38.5 Å². The van der Waals surface area contributed by atoms with E-state index in [2.05, 4.69) is 4.98 Å². The summed E-state index contributed by atoms with van der Waals surface area (Å²) in [6, 6.07) is 14.1. The molecule has 2 aromatic carbocycles. The molecule has 1 aromatic heterocycles. The van der Waals surface area contributed by atoms with Gasteiger partial charge >= 0.3 is 5.97 Å². The maximum atomic E-state index is 11.6. The maximum Gasteiger partial charge on any atom is 0.336 e. The van der Waals surface area contributed by atoms with Gasteiger partial charge in [-0.1, -0.05) is 0 Å². The second-order valence-electron chi connectivity index (χ2n) is 4.97. The molecule has 0 aliphatic rings. The van der Waals surface area contributed by atoms with E-state index in [0.717, 1.165) is 11.3 Å². The highest BCUT2D eigenvalue weighted by molar-refractivity contribution is 6.04. The number of pyridine rings is 1. The second-order valence-corrected chi connectivity index (χ2v) is 4.97. The molecule has 0 amide bonds. The molecule has 0 aliphatic carbocycles. The van der Waals surface area contributed by atoms with Crippen molar-refractivity contribution in [2.75, 3.05) is 14.2 Å². The minimum Gasteiger partial charge on any atom is -0.497 e. The quantitative estimate of drug-likeness (QED) is 0.797. The summed E-state index contributed by atoms with van der Waals surface area (Å²) in [5, 5.41) is 10.1. The molecule has 5 heteroatoms. The fourth-order valence-corrected chi connectivity index (χ4v) is 2.42. The fraction of sp³-hybridized carbons (Fsp3) is 0.111. The Morgan fingerprint density at radius 2 is 1.61 bits per heavy atom. The molecule has 0 fully saturated rings. The first kappa shape index (κ1) is 14.8. The van der Waals surface area contributed by atoms with Gasteiger partial charge in [-0.2, -0.15) is 0 Å². The molecular weight excluding hydrogens is 294 g/mol. The van der Waals surface area contributed by atoms with Crippen LogP contribution in [0.2, 0.25) is 0 Å². The number of hydrogen-bond donors (Lipinski definition) is 1. The van der Waals surface area contributed by atoms with Crippen LogP contribution < -0.4 is 9.47 Å². The molecule has 0 saturated heterocycles. The molecule has 1 N–H and O–H groups in total. The zero-order chi connectivity index (χ0) is 16.4. The van der Waals surface area contributed by atoms with E-state index in [9.17, 15) is 9.90 Å². The van der Waals surface area contributed by atoms with Gasteiger partial charge in [-0.3, -0.25) is 0 Å². The standard InChI is InChI=1S/C18H15NO4/c1-22-12-5-3-11(4-6-12)16-10-15(18(20)21)14-8-7-13(23-2)9-17(14)19-16/h3-10H,1-2H3,(H,20,21). The van der Waals surface area contributed by atoms with Gasteiger partial charge in [0.1, 0.15) is 11.5 Å². The van der Waals surface area contributed by atoms with Crippen molar-refractivity contribution in [1.29, 1.82) is 0 Å². The Hall–Kier alpha value is -3.08. The number of benzene rings is 2. The van der Waals surface area contributed by atoms with E-state index in [1.807, 2.05) is 24.3 Å². The third-order valence-electron chi connectivity index (χ3n) is 3.63. The summed E-state index contributed by atoms with van der Waals surface area (Å²) in [5.74, 6) is 0.375. The lowest BCUT2D eigenvalue weighted by atomic mass is 10.0. The Kier molecular flexibility index (Phi) is 3.85. The zero-order valence-corrected chi connectivity index (χ0v) is 12.7. The first-order valence-electron chi connectivity index (χ1n) is 6.99. The highest BCUT2D eigenvalue weighted by atomic mass is 16.5. The lowest BCUT2D eigenvalue weighted by Crippen LogP contribution is -2.00. The summed E-state index contributed by atoms with van der Waals surface area (Å²) in [6.07, 6.45) is 0. The topological polar surface area (TPSA) is 68.7 Å². The average molecular weight is 309 g/mol. The summed E-state index contributed by atoms with van der Waals surface area (Å²) in [6.45, 7) is 0. The molecule has 0 aliphatic heterocycles. The molecule has 0 radical (unpaired) electrons. The van der Waals surface area contributed by atoms with Gasteiger partial charge in [0.15, 0.2) is 0 Å². The van der Waals surface area contributed by atoms with E-state index in [-0.39, 0.29) is 5.56 Å². The molecular formula is C18H15NO4. The number of carbonyl (C=O) groups is 1. The van der Waals surface area contributed by atoms with Gasteiger partial charge in [-0.15, -0.1) is 0 Å². The lowest BCUT2D eigenvalue weighted by Gasteiger charge is -2.09. The Morgan fingerprint density at radius 3 is 2.22 bits per heavy atom. The van der Waals surface area contributed by atoms with Crippen LogP contribution in [0, 0.1) is 0 Å². The Balaban J connectivity index is 2.21. The van der Waals surface area contributed by atoms with Crippen molar-refractivity contribution in [2.45, 2.75) is 0 Å². The Bertz CT molecular complexity index is 872. The number of nitrogens with zero attached hydrogens (tertiary/aromatic N) is 1. The Labute approximate surface area is 133 Å². The maximum absolute atomic E-state index is 11.6. The van der Waals surface area contributed by atoms with Gasteiger partial charge in [0.05, 0.1) is 31.0 Å². The van der Waals surface area contributed by atoms with Crippen molar-refractivity contribution in [1.82, 2.24) is 4.98 Å². The summed E-state index contributed by atoms with van der Waals surface area (Å²) in [4.78, 5) is 16.1. The van der Waals surface area contributed by atoms with Crippen LogP contribution in [0.1, 0.15) is 10.4 Å². The molecule has 0 unspecified atom stereocenters. The van der Waals surface area contributed by atoms with Crippen molar-refractivity contribution in [2.24, 2.45) is 0 Å². The number of hydrogen-bond acceptors (Lipinski definition) is 4. The van der Waals surface area contributed by atoms with Crippen LogP contribution in [0.5, 0.6) is 11.5 Å². The van der Waals surface area contributed by atoms with E-state index < -0.39 is 5.97 Å². The molecule has 5 nitrogen and oxygen atoms in total. The normalized spacial score (nSPS) is 10.5. The third-order valence-corrected chi connectivity index (χ3v) is 3.63. The van der Waals surface area contributed by atoms with Crippen molar-refractivity contribution in [3.8, 4) is 22.8 Å². The molecule has 0 atom stereocenters. The minimum absolute atomic E-state index is 0.212. The predicted octanol–water partition coefficient (Wildman–Crippen LogP) is 3.62. The van der Waals surface area contributed by atoms with Gasteiger partial charge in [0.25, 0.3) is 0 Å². The van der Waals surface area contributed by atoms with Crippen LogP contribution in [-0.4, -0.2) is 30.3 Å². The van der Waals surface area contributed by atoms with Gasteiger partial charge < -0.3 is 14.6 Å².